The van der Waals surface area contributed by atoms with Crippen molar-refractivity contribution in [2.24, 2.45) is 4.99 Å². The maximum absolute atomic E-state index is 10.4. The van der Waals surface area contributed by atoms with Crippen molar-refractivity contribution in [2.45, 2.75) is 26.2 Å². The fraction of sp³-hybridized carbons (Fsp3) is 0.200. The minimum absolute atomic E-state index is 0.0196. The number of methoxy groups -OCH3 is 1. The molecule has 5 nitrogen and oxygen atoms in total. The molecule has 3 aromatic carbocycles. The molecule has 32 heavy (non-hydrogen) atoms. The first-order valence-corrected chi connectivity index (χ1v) is 11.8. The number of benzene rings is 3. The van der Waals surface area contributed by atoms with Crippen LogP contribution in [0.4, 0.5) is 5.69 Å². The average Bonchev–Trinajstić information content (AvgIpc) is 3.24. The summed E-state index contributed by atoms with van der Waals surface area (Å²) in [6.45, 7) is 4.39. The van der Waals surface area contributed by atoms with Gasteiger partial charge < -0.3 is 14.3 Å². The van der Waals surface area contributed by atoms with Gasteiger partial charge in [0.15, 0.2) is 17.1 Å². The number of ether oxygens (including phenoxy) is 1. The zero-order valence-electron chi connectivity index (χ0n) is 17.9. The zero-order valence-corrected chi connectivity index (χ0v) is 21.1. The van der Waals surface area contributed by atoms with Crippen molar-refractivity contribution >= 4 is 54.9 Å². The van der Waals surface area contributed by atoms with Crippen LogP contribution in [0.25, 0.3) is 22.6 Å². The number of fused-ring (bicyclic) bond motifs is 1. The number of aliphatic imine (C=N–C) groups is 1. The minimum Gasteiger partial charge on any atom is -0.504 e. The Morgan fingerprint density at radius 3 is 2.59 bits per heavy atom. The second-order valence-corrected chi connectivity index (χ2v) is 9.14. The standard InChI is InChI=1S/C25H22Br2N2O3/c1-4-14(2)16-7-10-21-20(11-16)29-25(32-21)15-5-8-17(9-6-15)28-13-18-23(27)19(26)12-22(31-3)24(18)30/h5-14,30H,4H2,1-3H3/t14-/m0/s1. The first-order valence-electron chi connectivity index (χ1n) is 10.2. The summed E-state index contributed by atoms with van der Waals surface area (Å²) in [5.74, 6) is 1.45. The van der Waals surface area contributed by atoms with Crippen LogP contribution in [-0.2, 0) is 0 Å². The predicted molar refractivity (Wildman–Crippen MR) is 135 cm³/mol. The molecule has 0 amide bonds. The fourth-order valence-electron chi connectivity index (χ4n) is 3.32. The lowest BCUT2D eigenvalue weighted by Gasteiger charge is -2.09. The van der Waals surface area contributed by atoms with Gasteiger partial charge in [-0.25, -0.2) is 4.98 Å². The normalized spacial score (nSPS) is 12.5. The fourth-order valence-corrected chi connectivity index (χ4v) is 4.15. The van der Waals surface area contributed by atoms with Gasteiger partial charge in [-0.05, 0) is 92.2 Å². The smallest absolute Gasteiger partial charge is 0.227 e. The van der Waals surface area contributed by atoms with Crippen molar-refractivity contribution in [3.05, 3.63) is 68.6 Å². The van der Waals surface area contributed by atoms with E-state index in [1.54, 1.807) is 12.3 Å². The van der Waals surface area contributed by atoms with Crippen LogP contribution < -0.4 is 4.74 Å². The largest absolute Gasteiger partial charge is 0.504 e. The average molecular weight is 558 g/mol. The topological polar surface area (TPSA) is 67.9 Å². The molecule has 1 N–H and O–H groups in total. The molecule has 4 aromatic rings. The van der Waals surface area contributed by atoms with Gasteiger partial charge in [0.1, 0.15) is 5.52 Å². The Morgan fingerprint density at radius 2 is 1.91 bits per heavy atom. The van der Waals surface area contributed by atoms with Crippen LogP contribution >= 0.6 is 31.9 Å². The summed E-state index contributed by atoms with van der Waals surface area (Å²) in [5.41, 5.74) is 5.04. The van der Waals surface area contributed by atoms with E-state index in [0.717, 1.165) is 33.2 Å². The third kappa shape index (κ3) is 4.45. The summed E-state index contributed by atoms with van der Waals surface area (Å²) in [6.07, 6.45) is 2.68. The van der Waals surface area contributed by atoms with Crippen LogP contribution in [-0.4, -0.2) is 23.4 Å². The molecule has 0 aliphatic rings. The van der Waals surface area contributed by atoms with Crippen molar-refractivity contribution in [1.29, 1.82) is 0 Å². The number of hydrogen-bond donors (Lipinski definition) is 1. The SMILES string of the molecule is CC[C@H](C)c1ccc2oc(-c3ccc(N=Cc4c(O)c(OC)cc(Br)c4Br)cc3)nc2c1. The van der Waals surface area contributed by atoms with Crippen molar-refractivity contribution in [2.75, 3.05) is 7.11 Å². The third-order valence-corrected chi connectivity index (χ3v) is 7.47. The van der Waals surface area contributed by atoms with E-state index < -0.39 is 0 Å². The van der Waals surface area contributed by atoms with Crippen molar-refractivity contribution in [3.63, 3.8) is 0 Å². The lowest BCUT2D eigenvalue weighted by atomic mass is 9.98. The molecular weight excluding hydrogens is 536 g/mol. The Labute approximate surface area is 203 Å². The maximum atomic E-state index is 10.4. The van der Waals surface area contributed by atoms with Gasteiger partial charge in [-0.1, -0.05) is 19.9 Å². The summed E-state index contributed by atoms with van der Waals surface area (Å²) in [7, 11) is 1.51. The molecule has 0 fully saturated rings. The van der Waals surface area contributed by atoms with Gasteiger partial charge in [0, 0.05) is 20.7 Å². The van der Waals surface area contributed by atoms with Gasteiger partial charge in [0.25, 0.3) is 0 Å². The van der Waals surface area contributed by atoms with Crippen molar-refractivity contribution in [3.8, 4) is 23.0 Å². The summed E-state index contributed by atoms with van der Waals surface area (Å²) >= 11 is 6.92. The molecule has 0 spiro atoms. The van der Waals surface area contributed by atoms with Crippen LogP contribution in [0.5, 0.6) is 11.5 Å². The summed E-state index contributed by atoms with van der Waals surface area (Å²) < 4.78 is 12.6. The zero-order chi connectivity index (χ0) is 22.8. The van der Waals surface area contributed by atoms with Gasteiger partial charge in [0.2, 0.25) is 5.89 Å². The quantitative estimate of drug-likeness (QED) is 0.244. The molecule has 0 bridgehead atoms. The molecule has 7 heteroatoms. The number of rotatable bonds is 6. The lowest BCUT2D eigenvalue weighted by molar-refractivity contribution is 0.372. The van der Waals surface area contributed by atoms with Crippen LogP contribution in [0.15, 0.2) is 66.9 Å². The maximum Gasteiger partial charge on any atom is 0.227 e. The number of aromatic nitrogens is 1. The molecule has 0 unspecified atom stereocenters. The highest BCUT2D eigenvalue weighted by Crippen LogP contribution is 2.39. The highest BCUT2D eigenvalue weighted by atomic mass is 79.9. The van der Waals surface area contributed by atoms with Gasteiger partial charge in [0.05, 0.1) is 18.4 Å². The number of oxazole rings is 1. The molecule has 0 saturated carbocycles. The van der Waals surface area contributed by atoms with Crippen LogP contribution in [0.1, 0.15) is 37.3 Å². The number of hydrogen-bond acceptors (Lipinski definition) is 5. The molecule has 164 valence electrons. The molecule has 4 rings (SSSR count). The summed E-state index contributed by atoms with van der Waals surface area (Å²) in [5, 5.41) is 10.4. The van der Waals surface area contributed by atoms with Crippen LogP contribution in [0.3, 0.4) is 0 Å². The van der Waals surface area contributed by atoms with Crippen molar-refractivity contribution < 1.29 is 14.3 Å². The van der Waals surface area contributed by atoms with Gasteiger partial charge in [-0.15, -0.1) is 0 Å². The number of phenols is 1. The number of nitrogens with zero attached hydrogens (tertiary/aromatic N) is 2. The number of phenolic OH excluding ortho intramolecular Hbond substituents is 1. The molecule has 1 atom stereocenters. The Kier molecular flexibility index (Phi) is 6.67. The molecule has 0 radical (unpaired) electrons. The predicted octanol–water partition coefficient (Wildman–Crippen LogP) is 8.00. The molecule has 1 aromatic heterocycles. The summed E-state index contributed by atoms with van der Waals surface area (Å²) in [6, 6.07) is 15.5. The summed E-state index contributed by atoms with van der Waals surface area (Å²) in [4.78, 5) is 9.16. The molecule has 0 saturated heterocycles. The molecule has 1 heterocycles. The van der Waals surface area contributed by atoms with E-state index in [2.05, 4.69) is 67.8 Å². The Hall–Kier alpha value is -2.64. The van der Waals surface area contributed by atoms with Gasteiger partial charge >= 0.3 is 0 Å². The van der Waals surface area contributed by atoms with Crippen LogP contribution in [0.2, 0.25) is 0 Å². The van der Waals surface area contributed by atoms with E-state index in [1.807, 2.05) is 30.3 Å². The van der Waals surface area contributed by atoms with E-state index in [9.17, 15) is 5.11 Å². The second kappa shape index (κ2) is 9.46. The monoisotopic (exact) mass is 556 g/mol. The van der Waals surface area contributed by atoms with E-state index >= 15 is 0 Å². The second-order valence-electron chi connectivity index (χ2n) is 7.50. The van der Waals surface area contributed by atoms with E-state index in [1.165, 1.54) is 12.7 Å². The molecule has 0 aliphatic heterocycles. The Bertz CT molecular complexity index is 1300. The van der Waals surface area contributed by atoms with E-state index in [0.29, 0.717) is 27.6 Å². The highest BCUT2D eigenvalue weighted by Gasteiger charge is 2.14. The minimum atomic E-state index is 0.0196. The molecular formula is C25H22Br2N2O3. The Morgan fingerprint density at radius 1 is 1.16 bits per heavy atom. The first-order chi connectivity index (χ1) is 15.4. The van der Waals surface area contributed by atoms with Gasteiger partial charge in [-0.2, -0.15) is 0 Å². The van der Waals surface area contributed by atoms with Gasteiger partial charge in [-0.3, -0.25) is 4.99 Å². The number of aromatic hydroxyl groups is 1. The van der Waals surface area contributed by atoms with Crippen LogP contribution in [0, 0.1) is 0 Å². The first kappa shape index (κ1) is 22.6. The van der Waals surface area contributed by atoms with Crippen molar-refractivity contribution in [1.82, 2.24) is 4.98 Å². The Balaban J connectivity index is 1.60. The number of halogens is 2. The van der Waals surface area contributed by atoms with E-state index in [-0.39, 0.29) is 5.75 Å². The van der Waals surface area contributed by atoms with E-state index in [4.69, 9.17) is 9.15 Å². The lowest BCUT2D eigenvalue weighted by Crippen LogP contribution is -1.91. The third-order valence-electron chi connectivity index (χ3n) is 5.46. The molecule has 0 aliphatic carbocycles. The highest BCUT2D eigenvalue weighted by molar-refractivity contribution is 9.13.